The standard InChI is InChI=1S/C11H11N3O2S/c1-6(12)7-2-13-10(14-3-7)8-4-17-5-9(8)11(15)16/h2-6H,12H2,1H3,(H,15,16). The molecule has 5 nitrogen and oxygen atoms in total. The fourth-order valence-electron chi connectivity index (χ4n) is 1.35. The molecule has 1 atom stereocenters. The van der Waals surface area contributed by atoms with Gasteiger partial charge in [0.2, 0.25) is 0 Å². The second-order valence-corrected chi connectivity index (χ2v) is 4.38. The minimum atomic E-state index is -0.971. The molecule has 2 heterocycles. The molecule has 0 saturated carbocycles. The van der Waals surface area contributed by atoms with Gasteiger partial charge in [0.25, 0.3) is 0 Å². The Balaban J connectivity index is 2.40. The van der Waals surface area contributed by atoms with Gasteiger partial charge in [-0.2, -0.15) is 11.3 Å². The van der Waals surface area contributed by atoms with Gasteiger partial charge in [-0.1, -0.05) is 0 Å². The van der Waals surface area contributed by atoms with Gasteiger partial charge in [-0.25, -0.2) is 14.8 Å². The van der Waals surface area contributed by atoms with E-state index in [9.17, 15) is 4.79 Å². The number of thiophene rings is 1. The number of nitrogens with zero attached hydrogens (tertiary/aromatic N) is 2. The monoisotopic (exact) mass is 249 g/mol. The molecule has 0 amide bonds. The lowest BCUT2D eigenvalue weighted by Gasteiger charge is -2.05. The Kier molecular flexibility index (Phi) is 3.16. The summed E-state index contributed by atoms with van der Waals surface area (Å²) in [5.74, 6) is -0.561. The van der Waals surface area contributed by atoms with Crippen LogP contribution in [0.4, 0.5) is 0 Å². The Morgan fingerprint density at radius 1 is 1.41 bits per heavy atom. The summed E-state index contributed by atoms with van der Waals surface area (Å²) >= 11 is 1.31. The van der Waals surface area contributed by atoms with Gasteiger partial charge in [-0.3, -0.25) is 0 Å². The molecule has 0 aliphatic rings. The summed E-state index contributed by atoms with van der Waals surface area (Å²) in [5, 5.41) is 12.3. The van der Waals surface area contributed by atoms with Gasteiger partial charge < -0.3 is 10.8 Å². The first-order chi connectivity index (χ1) is 8.09. The van der Waals surface area contributed by atoms with E-state index >= 15 is 0 Å². The molecule has 0 aliphatic carbocycles. The van der Waals surface area contributed by atoms with Crippen LogP contribution in [0.1, 0.15) is 28.9 Å². The maximum absolute atomic E-state index is 11.0. The molecule has 17 heavy (non-hydrogen) atoms. The van der Waals surface area contributed by atoms with E-state index in [1.54, 1.807) is 23.2 Å². The van der Waals surface area contributed by atoms with E-state index in [4.69, 9.17) is 10.8 Å². The molecule has 0 aliphatic heterocycles. The number of carbonyl (C=O) groups is 1. The topological polar surface area (TPSA) is 89.1 Å². The summed E-state index contributed by atoms with van der Waals surface area (Å²) in [6.07, 6.45) is 3.24. The highest BCUT2D eigenvalue weighted by Gasteiger charge is 2.14. The van der Waals surface area contributed by atoms with Crippen LogP contribution in [0, 0.1) is 0 Å². The number of aromatic nitrogens is 2. The predicted octanol–water partition coefficient (Wildman–Crippen LogP) is 1.92. The average Bonchev–Trinajstić information content (AvgIpc) is 2.78. The van der Waals surface area contributed by atoms with E-state index in [1.807, 2.05) is 6.92 Å². The highest BCUT2D eigenvalue weighted by Crippen LogP contribution is 2.24. The highest BCUT2D eigenvalue weighted by atomic mass is 32.1. The fourth-order valence-corrected chi connectivity index (χ4v) is 2.15. The second-order valence-electron chi connectivity index (χ2n) is 3.63. The molecular weight excluding hydrogens is 238 g/mol. The Morgan fingerprint density at radius 3 is 2.59 bits per heavy atom. The van der Waals surface area contributed by atoms with Crippen LogP contribution >= 0.6 is 11.3 Å². The molecule has 0 saturated heterocycles. The van der Waals surface area contributed by atoms with Gasteiger partial charge in [-0.15, -0.1) is 0 Å². The molecular formula is C11H11N3O2S. The van der Waals surface area contributed by atoms with Crippen LogP contribution in [0.15, 0.2) is 23.2 Å². The molecule has 0 radical (unpaired) electrons. The summed E-state index contributed by atoms with van der Waals surface area (Å²) in [5.41, 5.74) is 7.27. The predicted molar refractivity (Wildman–Crippen MR) is 64.9 cm³/mol. The smallest absolute Gasteiger partial charge is 0.337 e. The van der Waals surface area contributed by atoms with Crippen LogP contribution in [0.5, 0.6) is 0 Å². The third-order valence-electron chi connectivity index (χ3n) is 2.33. The molecule has 2 aromatic heterocycles. The maximum Gasteiger partial charge on any atom is 0.337 e. The van der Waals surface area contributed by atoms with Gasteiger partial charge in [0.05, 0.1) is 5.56 Å². The zero-order chi connectivity index (χ0) is 12.4. The van der Waals surface area contributed by atoms with Gasteiger partial charge in [0.1, 0.15) is 0 Å². The van der Waals surface area contributed by atoms with E-state index in [1.165, 1.54) is 11.3 Å². The van der Waals surface area contributed by atoms with Crippen LogP contribution < -0.4 is 5.73 Å². The zero-order valence-corrected chi connectivity index (χ0v) is 9.94. The number of carboxylic acid groups (broad SMARTS) is 1. The van der Waals surface area contributed by atoms with Crippen molar-refractivity contribution in [3.63, 3.8) is 0 Å². The molecule has 0 spiro atoms. The number of aromatic carboxylic acids is 1. The first-order valence-electron chi connectivity index (χ1n) is 4.97. The third-order valence-corrected chi connectivity index (χ3v) is 3.07. The molecule has 6 heteroatoms. The van der Waals surface area contributed by atoms with Crippen molar-refractivity contribution in [2.45, 2.75) is 13.0 Å². The van der Waals surface area contributed by atoms with Crippen molar-refractivity contribution >= 4 is 17.3 Å². The molecule has 2 rings (SSSR count). The number of hydrogen-bond donors (Lipinski definition) is 2. The number of carboxylic acids is 1. The van der Waals surface area contributed by atoms with Gasteiger partial charge in [0, 0.05) is 40.3 Å². The Labute approximate surface area is 102 Å². The lowest BCUT2D eigenvalue weighted by Crippen LogP contribution is -2.06. The summed E-state index contributed by atoms with van der Waals surface area (Å²) in [6, 6.07) is -0.134. The number of rotatable bonds is 3. The van der Waals surface area contributed by atoms with E-state index in [-0.39, 0.29) is 11.6 Å². The van der Waals surface area contributed by atoms with Crippen LogP contribution in [0.25, 0.3) is 11.4 Å². The van der Waals surface area contributed by atoms with Gasteiger partial charge in [0.15, 0.2) is 5.82 Å². The Morgan fingerprint density at radius 2 is 2.06 bits per heavy atom. The molecule has 0 aromatic carbocycles. The summed E-state index contributed by atoms with van der Waals surface area (Å²) < 4.78 is 0. The molecule has 88 valence electrons. The van der Waals surface area contributed by atoms with Crippen molar-refractivity contribution in [1.82, 2.24) is 9.97 Å². The van der Waals surface area contributed by atoms with Crippen molar-refractivity contribution in [1.29, 1.82) is 0 Å². The number of nitrogens with two attached hydrogens (primary N) is 1. The summed E-state index contributed by atoms with van der Waals surface area (Å²) in [7, 11) is 0. The molecule has 0 fully saturated rings. The van der Waals surface area contributed by atoms with E-state index in [2.05, 4.69) is 9.97 Å². The van der Waals surface area contributed by atoms with Crippen molar-refractivity contribution in [2.75, 3.05) is 0 Å². The second kappa shape index (κ2) is 4.60. The van der Waals surface area contributed by atoms with E-state index in [0.29, 0.717) is 11.4 Å². The lowest BCUT2D eigenvalue weighted by molar-refractivity contribution is 0.0698. The quantitative estimate of drug-likeness (QED) is 0.867. The minimum Gasteiger partial charge on any atom is -0.478 e. The summed E-state index contributed by atoms with van der Waals surface area (Å²) in [6.45, 7) is 1.84. The van der Waals surface area contributed by atoms with Crippen molar-refractivity contribution < 1.29 is 9.90 Å². The molecule has 2 aromatic rings. The number of hydrogen-bond acceptors (Lipinski definition) is 5. The average molecular weight is 249 g/mol. The van der Waals surface area contributed by atoms with Crippen LogP contribution in [0.3, 0.4) is 0 Å². The third kappa shape index (κ3) is 2.32. The zero-order valence-electron chi connectivity index (χ0n) is 9.12. The molecule has 3 N–H and O–H groups in total. The maximum atomic E-state index is 11.0. The minimum absolute atomic E-state index is 0.134. The lowest BCUT2D eigenvalue weighted by atomic mass is 10.1. The van der Waals surface area contributed by atoms with Gasteiger partial charge >= 0.3 is 5.97 Å². The van der Waals surface area contributed by atoms with Gasteiger partial charge in [-0.05, 0) is 6.92 Å². The SMILES string of the molecule is CC(N)c1cnc(-c2cscc2C(=O)O)nc1. The van der Waals surface area contributed by atoms with E-state index < -0.39 is 5.97 Å². The normalized spacial score (nSPS) is 12.4. The van der Waals surface area contributed by atoms with Crippen molar-refractivity contribution in [3.05, 3.63) is 34.3 Å². The first kappa shape index (κ1) is 11.7. The summed E-state index contributed by atoms with van der Waals surface area (Å²) in [4.78, 5) is 19.2. The largest absolute Gasteiger partial charge is 0.478 e. The van der Waals surface area contributed by atoms with E-state index in [0.717, 1.165) is 5.56 Å². The Bertz CT molecular complexity index is 534. The molecule has 1 unspecified atom stereocenters. The van der Waals surface area contributed by atoms with Crippen molar-refractivity contribution in [3.8, 4) is 11.4 Å². The van der Waals surface area contributed by atoms with Crippen molar-refractivity contribution in [2.24, 2.45) is 5.73 Å². The first-order valence-corrected chi connectivity index (χ1v) is 5.91. The fraction of sp³-hybridized carbons (Fsp3) is 0.182. The van der Waals surface area contributed by atoms with Crippen LogP contribution in [-0.2, 0) is 0 Å². The van der Waals surface area contributed by atoms with Crippen LogP contribution in [0.2, 0.25) is 0 Å². The van der Waals surface area contributed by atoms with Crippen LogP contribution in [-0.4, -0.2) is 21.0 Å². The Hall–Kier alpha value is -1.79. The molecule has 0 bridgehead atoms. The highest BCUT2D eigenvalue weighted by molar-refractivity contribution is 7.08.